The van der Waals surface area contributed by atoms with E-state index < -0.39 is 35.4 Å². The summed E-state index contributed by atoms with van der Waals surface area (Å²) in [5, 5.41) is 11.0. The monoisotopic (exact) mass is 578 g/mol. The number of fused-ring (bicyclic) bond motifs is 1. The van der Waals surface area contributed by atoms with Gasteiger partial charge in [0, 0.05) is 21.3 Å². The molecule has 6 nitrogen and oxygen atoms in total. The van der Waals surface area contributed by atoms with Crippen LogP contribution in [0, 0.1) is 11.2 Å². The number of hydrogen-bond donors (Lipinski definition) is 1. The average molecular weight is 580 g/mol. The third-order valence-electron chi connectivity index (χ3n) is 6.39. The highest BCUT2D eigenvalue weighted by Crippen LogP contribution is 2.59. The lowest BCUT2D eigenvalue weighted by Gasteiger charge is -2.32. The molecule has 35 heavy (non-hydrogen) atoms. The van der Waals surface area contributed by atoms with Crippen LogP contribution in [0.15, 0.2) is 59.2 Å². The number of pyridine rings is 1. The fourth-order valence-corrected chi connectivity index (χ4v) is 5.09. The zero-order chi connectivity index (χ0) is 24.9. The lowest BCUT2D eigenvalue weighted by atomic mass is 9.92. The van der Waals surface area contributed by atoms with Gasteiger partial charge >= 0.3 is 5.97 Å². The molecule has 1 N–H and O–H groups in total. The number of benzene rings is 2. The molecule has 2 aromatic carbocycles. The Balaban J connectivity index is 1.59. The number of carbonyl (C=O) groups excluding carboxylic acids is 1. The first kappa shape index (κ1) is 24.2. The van der Waals surface area contributed by atoms with Crippen LogP contribution in [0.2, 0.25) is 10.0 Å². The summed E-state index contributed by atoms with van der Waals surface area (Å²) < 4.78 is 22.1. The molecule has 5 rings (SSSR count). The van der Waals surface area contributed by atoms with Crippen molar-refractivity contribution < 1.29 is 23.8 Å². The summed E-state index contributed by atoms with van der Waals surface area (Å²) in [5.74, 6) is -2.09. The summed E-state index contributed by atoms with van der Waals surface area (Å²) in [6, 6.07) is 12.8. The van der Waals surface area contributed by atoms with Crippen molar-refractivity contribution in [1.29, 1.82) is 0 Å². The molecule has 2 heterocycles. The molecule has 1 aromatic heterocycles. The fourth-order valence-electron chi connectivity index (χ4n) is 4.42. The van der Waals surface area contributed by atoms with Crippen LogP contribution >= 0.6 is 39.1 Å². The minimum atomic E-state index is -1.18. The van der Waals surface area contributed by atoms with Crippen LogP contribution in [0.1, 0.15) is 52.4 Å². The number of aliphatic carboxylic acids is 1. The molecule has 1 amide bonds. The Labute approximate surface area is 218 Å². The number of nitrogens with zero attached hydrogens (tertiary/aromatic N) is 2. The van der Waals surface area contributed by atoms with Crippen molar-refractivity contribution in [3.63, 3.8) is 0 Å². The first-order valence-electron chi connectivity index (χ1n) is 10.7. The molecule has 2 unspecified atom stereocenters. The Hall–Kier alpha value is -2.52. The number of halogens is 4. The van der Waals surface area contributed by atoms with Gasteiger partial charge in [-0.25, -0.2) is 4.39 Å². The maximum atomic E-state index is 15.3. The van der Waals surface area contributed by atoms with E-state index in [1.165, 1.54) is 23.2 Å². The maximum Gasteiger partial charge on any atom is 0.312 e. The van der Waals surface area contributed by atoms with Crippen molar-refractivity contribution in [3.05, 3.63) is 97.4 Å². The van der Waals surface area contributed by atoms with Crippen LogP contribution in [-0.2, 0) is 16.1 Å². The number of rotatable bonds is 7. The molecule has 1 aliphatic heterocycles. The summed E-state index contributed by atoms with van der Waals surface area (Å²) in [7, 11) is 0. The van der Waals surface area contributed by atoms with Gasteiger partial charge in [-0.05, 0) is 54.8 Å². The van der Waals surface area contributed by atoms with Crippen LogP contribution in [0.3, 0.4) is 0 Å². The third kappa shape index (κ3) is 4.44. The molecular weight excluding hydrogens is 562 g/mol. The SMILES string of the molecule is O=C1c2cc(Br)cc(F)c2C(OC(c2ccc(Cl)cc2)C2(C(=O)O)CC2)N1Cc1ccc(Cl)cn1. The van der Waals surface area contributed by atoms with Gasteiger partial charge in [-0.3, -0.25) is 14.6 Å². The molecule has 0 bridgehead atoms. The summed E-state index contributed by atoms with van der Waals surface area (Å²) >= 11 is 15.2. The smallest absolute Gasteiger partial charge is 0.312 e. The molecule has 2 atom stereocenters. The van der Waals surface area contributed by atoms with Crippen LogP contribution < -0.4 is 0 Å². The number of amides is 1. The van der Waals surface area contributed by atoms with E-state index in [4.69, 9.17) is 27.9 Å². The van der Waals surface area contributed by atoms with Gasteiger partial charge in [0.2, 0.25) is 0 Å². The number of carbonyl (C=O) groups is 2. The van der Waals surface area contributed by atoms with Crippen LogP contribution in [0.5, 0.6) is 0 Å². The van der Waals surface area contributed by atoms with Crippen LogP contribution in [0.25, 0.3) is 0 Å². The molecule has 10 heteroatoms. The topological polar surface area (TPSA) is 79.7 Å². The Bertz CT molecular complexity index is 1320. The van der Waals surface area contributed by atoms with Crippen molar-refractivity contribution in [2.75, 3.05) is 0 Å². The van der Waals surface area contributed by atoms with E-state index in [1.807, 2.05) is 0 Å². The molecule has 0 spiro atoms. The molecule has 2 aliphatic rings. The zero-order valence-corrected chi connectivity index (χ0v) is 21.1. The second kappa shape index (κ2) is 9.17. The molecule has 1 fully saturated rings. The molecular formula is C25H18BrCl2FN2O4. The predicted octanol–water partition coefficient (Wildman–Crippen LogP) is 6.57. The zero-order valence-electron chi connectivity index (χ0n) is 18.1. The van der Waals surface area contributed by atoms with E-state index in [0.29, 0.717) is 38.6 Å². The molecule has 1 saturated carbocycles. The summed E-state index contributed by atoms with van der Waals surface area (Å²) in [5.41, 5.74) is 0.122. The summed E-state index contributed by atoms with van der Waals surface area (Å²) in [4.78, 5) is 31.3. The van der Waals surface area contributed by atoms with Crippen molar-refractivity contribution in [2.45, 2.75) is 31.7 Å². The molecule has 3 aromatic rings. The first-order valence-corrected chi connectivity index (χ1v) is 12.3. The lowest BCUT2D eigenvalue weighted by Crippen LogP contribution is -2.34. The van der Waals surface area contributed by atoms with Crippen molar-refractivity contribution in [2.24, 2.45) is 5.41 Å². The van der Waals surface area contributed by atoms with Crippen molar-refractivity contribution in [3.8, 4) is 0 Å². The van der Waals surface area contributed by atoms with Gasteiger partial charge in [0.25, 0.3) is 5.91 Å². The summed E-state index contributed by atoms with van der Waals surface area (Å²) in [6.07, 6.45) is 0.137. The Morgan fingerprint density at radius 3 is 2.49 bits per heavy atom. The number of carboxylic acid groups (broad SMARTS) is 1. The lowest BCUT2D eigenvalue weighted by molar-refractivity contribution is -0.160. The molecule has 0 radical (unpaired) electrons. The van der Waals surface area contributed by atoms with Gasteiger partial charge in [-0.15, -0.1) is 0 Å². The number of hydrogen-bond acceptors (Lipinski definition) is 4. The van der Waals surface area contributed by atoms with E-state index in [1.54, 1.807) is 36.4 Å². The minimum Gasteiger partial charge on any atom is -0.481 e. The second-order valence-corrected chi connectivity index (χ2v) is 10.4. The van der Waals surface area contributed by atoms with Crippen molar-refractivity contribution >= 4 is 51.0 Å². The molecule has 180 valence electrons. The van der Waals surface area contributed by atoms with Gasteiger partial charge in [0.05, 0.1) is 28.2 Å². The highest BCUT2D eigenvalue weighted by atomic mass is 79.9. The van der Waals surface area contributed by atoms with E-state index in [9.17, 15) is 14.7 Å². The van der Waals surface area contributed by atoms with Gasteiger partial charge in [-0.1, -0.05) is 51.3 Å². The predicted molar refractivity (Wildman–Crippen MR) is 131 cm³/mol. The third-order valence-corrected chi connectivity index (χ3v) is 7.32. The number of carboxylic acids is 1. The van der Waals surface area contributed by atoms with E-state index in [2.05, 4.69) is 20.9 Å². The Kier molecular flexibility index (Phi) is 6.34. The fraction of sp³-hybridized carbons (Fsp3) is 0.240. The Morgan fingerprint density at radius 1 is 1.20 bits per heavy atom. The number of aromatic nitrogens is 1. The normalized spacial score (nSPS) is 18.9. The first-order chi connectivity index (χ1) is 16.7. The van der Waals surface area contributed by atoms with Gasteiger partial charge in [0.1, 0.15) is 11.9 Å². The van der Waals surface area contributed by atoms with Crippen LogP contribution in [-0.4, -0.2) is 26.9 Å². The quantitative estimate of drug-likeness (QED) is 0.342. The van der Waals surface area contributed by atoms with E-state index >= 15 is 4.39 Å². The molecule has 0 saturated heterocycles. The van der Waals surface area contributed by atoms with Crippen molar-refractivity contribution in [1.82, 2.24) is 9.88 Å². The van der Waals surface area contributed by atoms with E-state index in [-0.39, 0.29) is 17.7 Å². The average Bonchev–Trinajstić information content (AvgIpc) is 3.58. The standard InChI is InChI=1S/C25H18BrCl2FN2O4/c26-14-9-18-20(19(29)10-14)23(31(22(18)32)12-17-6-5-16(28)11-30-17)35-21(25(7-8-25)24(33)34)13-1-3-15(27)4-2-13/h1-6,9-11,21,23H,7-8,12H2,(H,33,34). The second-order valence-electron chi connectivity index (χ2n) is 8.63. The van der Waals surface area contributed by atoms with Crippen LogP contribution in [0.4, 0.5) is 4.39 Å². The largest absolute Gasteiger partial charge is 0.481 e. The van der Waals surface area contributed by atoms with E-state index in [0.717, 1.165) is 0 Å². The summed E-state index contributed by atoms with van der Waals surface area (Å²) in [6.45, 7) is 0.0137. The molecule has 1 aliphatic carbocycles. The van der Waals surface area contributed by atoms with Gasteiger partial charge in [-0.2, -0.15) is 0 Å². The van der Waals surface area contributed by atoms with Gasteiger partial charge < -0.3 is 14.7 Å². The minimum absolute atomic E-state index is 0.0137. The maximum absolute atomic E-state index is 15.3. The number of ether oxygens (including phenoxy) is 1. The highest BCUT2D eigenvalue weighted by molar-refractivity contribution is 9.10. The van der Waals surface area contributed by atoms with Gasteiger partial charge in [0.15, 0.2) is 6.23 Å². The highest BCUT2D eigenvalue weighted by Gasteiger charge is 2.59. The Morgan fingerprint density at radius 2 is 1.89 bits per heavy atom.